The normalized spacial score (nSPS) is 22.0. The van der Waals surface area contributed by atoms with Crippen molar-refractivity contribution >= 4 is 40.9 Å². The molecule has 3 aliphatic heterocycles. The smallest absolute Gasteiger partial charge is 0.410 e. The maximum Gasteiger partial charge on any atom is 0.410 e. The highest BCUT2D eigenvalue weighted by Gasteiger charge is 2.46. The second kappa shape index (κ2) is 10.9. The number of amidine groups is 1. The molecule has 3 aliphatic rings. The van der Waals surface area contributed by atoms with Gasteiger partial charge in [-0.25, -0.2) is 14.9 Å². The quantitative estimate of drug-likeness (QED) is 0.545. The lowest BCUT2D eigenvalue weighted by molar-refractivity contribution is -0.180. The predicted molar refractivity (Wildman–Crippen MR) is 142 cm³/mol. The van der Waals surface area contributed by atoms with Gasteiger partial charge in [-0.2, -0.15) is 0 Å². The number of aliphatic imine (C=N–C) groups is 1. The number of ether oxygens (including phenoxy) is 1. The molecule has 1 aromatic rings. The van der Waals surface area contributed by atoms with Gasteiger partial charge < -0.3 is 15.4 Å². The van der Waals surface area contributed by atoms with E-state index < -0.39 is 5.60 Å². The van der Waals surface area contributed by atoms with Gasteiger partial charge in [0.1, 0.15) is 11.4 Å². The van der Waals surface area contributed by atoms with E-state index >= 15 is 0 Å². The number of likely N-dealkylation sites (tertiary alicyclic amines) is 2. The third kappa shape index (κ3) is 6.10. The molecule has 0 radical (unpaired) electrons. The molecule has 1 aromatic heterocycles. The molecule has 198 valence electrons. The van der Waals surface area contributed by atoms with Crippen molar-refractivity contribution in [2.24, 2.45) is 16.6 Å². The Balaban J connectivity index is 1.40. The lowest BCUT2D eigenvalue weighted by Gasteiger charge is -2.53. The van der Waals surface area contributed by atoms with Crippen molar-refractivity contribution in [1.82, 2.24) is 14.9 Å². The highest BCUT2D eigenvalue weighted by atomic mass is 32.1. The van der Waals surface area contributed by atoms with Crippen molar-refractivity contribution in [3.8, 4) is 0 Å². The summed E-state index contributed by atoms with van der Waals surface area (Å²) in [4.78, 5) is 42.2. The Morgan fingerprint density at radius 1 is 1.28 bits per heavy atom. The molecule has 0 spiro atoms. The van der Waals surface area contributed by atoms with E-state index in [1.165, 1.54) is 9.94 Å². The van der Waals surface area contributed by atoms with Crippen LogP contribution in [0.3, 0.4) is 0 Å². The number of hydrogen-bond donors (Lipinski definition) is 1. The average molecular weight is 518 g/mol. The predicted octanol–water partition coefficient (Wildman–Crippen LogP) is 4.16. The molecule has 2 atom stereocenters. The summed E-state index contributed by atoms with van der Waals surface area (Å²) < 4.78 is 5.56. The molecule has 0 aliphatic carbocycles. The second-order valence-electron chi connectivity index (χ2n) is 10.7. The van der Waals surface area contributed by atoms with Gasteiger partial charge in [0.15, 0.2) is 0 Å². The maximum absolute atomic E-state index is 13.1. The van der Waals surface area contributed by atoms with E-state index in [1.807, 2.05) is 45.6 Å². The molecule has 2 fully saturated rings. The van der Waals surface area contributed by atoms with E-state index in [-0.39, 0.29) is 18.0 Å². The van der Waals surface area contributed by atoms with Crippen LogP contribution in [0.5, 0.6) is 0 Å². The summed E-state index contributed by atoms with van der Waals surface area (Å²) in [7, 11) is 0. The Morgan fingerprint density at radius 3 is 2.72 bits per heavy atom. The number of carbonyl (C=O) groups excluding carboxylic acids is 2. The Labute approximate surface area is 217 Å². The molecule has 0 unspecified atom stereocenters. The molecule has 2 N–H and O–H groups in total. The van der Waals surface area contributed by atoms with Crippen LogP contribution in [0.2, 0.25) is 0 Å². The minimum Gasteiger partial charge on any atom is -0.444 e. The van der Waals surface area contributed by atoms with E-state index in [4.69, 9.17) is 15.3 Å². The van der Waals surface area contributed by atoms with E-state index in [0.29, 0.717) is 36.9 Å². The molecular weight excluding hydrogens is 478 g/mol. The maximum atomic E-state index is 13.1. The van der Waals surface area contributed by atoms with Gasteiger partial charge in [0.25, 0.3) is 5.91 Å². The average Bonchev–Trinajstić information content (AvgIpc) is 3.05. The number of carbonyl (C=O) groups is 2. The fourth-order valence-corrected chi connectivity index (χ4v) is 6.14. The number of thiophene rings is 1. The van der Waals surface area contributed by atoms with Crippen LogP contribution in [0.25, 0.3) is 6.08 Å². The Kier molecular flexibility index (Phi) is 8.06. The van der Waals surface area contributed by atoms with Crippen molar-refractivity contribution in [2.75, 3.05) is 32.8 Å². The number of nitrogens with two attached hydrogens (primary N) is 1. The van der Waals surface area contributed by atoms with Crippen molar-refractivity contribution in [1.29, 1.82) is 0 Å². The van der Waals surface area contributed by atoms with Crippen molar-refractivity contribution in [3.63, 3.8) is 0 Å². The van der Waals surface area contributed by atoms with E-state index in [0.717, 1.165) is 49.6 Å². The van der Waals surface area contributed by atoms with Gasteiger partial charge in [0.2, 0.25) is 0 Å². The van der Waals surface area contributed by atoms with Gasteiger partial charge in [-0.15, -0.1) is 11.3 Å². The largest absolute Gasteiger partial charge is 0.444 e. The van der Waals surface area contributed by atoms with Crippen LogP contribution in [0.4, 0.5) is 10.5 Å². The second-order valence-corrected chi connectivity index (χ2v) is 11.9. The van der Waals surface area contributed by atoms with Gasteiger partial charge in [-0.05, 0) is 52.7 Å². The SMILES string of the molecule is CCCN(OCC)C(=O)C1=Cc2sc(CN3CC[C@@H]4[C@H](C3)CN4C(=O)OC(C)(C)C)cc2N=C(N)C1. The van der Waals surface area contributed by atoms with Gasteiger partial charge in [0.05, 0.1) is 17.2 Å². The number of amides is 2. The first-order valence-electron chi connectivity index (χ1n) is 12.9. The molecule has 0 aromatic carbocycles. The lowest BCUT2D eigenvalue weighted by Crippen LogP contribution is -2.65. The molecule has 36 heavy (non-hydrogen) atoms. The number of hydroxylamine groups is 2. The third-order valence-electron chi connectivity index (χ3n) is 6.56. The summed E-state index contributed by atoms with van der Waals surface area (Å²) >= 11 is 1.66. The summed E-state index contributed by atoms with van der Waals surface area (Å²) in [5.41, 5.74) is 7.14. The van der Waals surface area contributed by atoms with Crippen molar-refractivity contribution < 1.29 is 19.2 Å². The van der Waals surface area contributed by atoms with E-state index in [2.05, 4.69) is 16.0 Å². The molecule has 4 rings (SSSR count). The van der Waals surface area contributed by atoms with Crippen LogP contribution in [-0.2, 0) is 20.9 Å². The van der Waals surface area contributed by atoms with Gasteiger partial charge >= 0.3 is 6.09 Å². The van der Waals surface area contributed by atoms with Crippen LogP contribution >= 0.6 is 11.3 Å². The number of hydrogen-bond acceptors (Lipinski definition) is 8. The molecular formula is C26H39N5O4S. The summed E-state index contributed by atoms with van der Waals surface area (Å²) in [6.07, 6.45) is 3.79. The van der Waals surface area contributed by atoms with Crippen LogP contribution < -0.4 is 5.73 Å². The number of rotatable bonds is 7. The first-order valence-corrected chi connectivity index (χ1v) is 13.7. The zero-order chi connectivity index (χ0) is 26.0. The lowest BCUT2D eigenvalue weighted by atomic mass is 9.83. The summed E-state index contributed by atoms with van der Waals surface area (Å²) in [5, 5.41) is 1.43. The van der Waals surface area contributed by atoms with Gasteiger partial charge in [-0.1, -0.05) is 6.92 Å². The summed E-state index contributed by atoms with van der Waals surface area (Å²) in [6.45, 7) is 14.0. The molecule has 2 saturated heterocycles. The summed E-state index contributed by atoms with van der Waals surface area (Å²) in [6, 6.07) is 2.36. The topological polar surface area (TPSA) is 101 Å². The highest BCUT2D eigenvalue weighted by Crippen LogP contribution is 2.38. The van der Waals surface area contributed by atoms with Crippen LogP contribution in [0, 0.1) is 5.92 Å². The highest BCUT2D eigenvalue weighted by molar-refractivity contribution is 7.13. The molecule has 0 saturated carbocycles. The minimum atomic E-state index is -0.470. The van der Waals surface area contributed by atoms with E-state index in [1.54, 1.807) is 11.3 Å². The zero-order valence-corrected chi connectivity index (χ0v) is 22.9. The Hall–Kier alpha value is -2.43. The van der Waals surface area contributed by atoms with Gasteiger partial charge in [-0.3, -0.25) is 14.5 Å². The zero-order valence-electron chi connectivity index (χ0n) is 22.1. The summed E-state index contributed by atoms with van der Waals surface area (Å²) in [5.74, 6) is 0.759. The fraction of sp³-hybridized carbons (Fsp3) is 0.654. The van der Waals surface area contributed by atoms with Crippen LogP contribution in [0.1, 0.15) is 63.6 Å². The molecule has 2 amide bonds. The molecule has 4 heterocycles. The first-order chi connectivity index (χ1) is 17.1. The Morgan fingerprint density at radius 2 is 2.06 bits per heavy atom. The fourth-order valence-electron chi connectivity index (χ4n) is 5.02. The van der Waals surface area contributed by atoms with Gasteiger partial charge in [0, 0.05) is 61.6 Å². The number of fused-ring (bicyclic) bond motifs is 2. The van der Waals surface area contributed by atoms with Crippen LogP contribution in [0.15, 0.2) is 16.6 Å². The monoisotopic (exact) mass is 517 g/mol. The first kappa shape index (κ1) is 26.6. The molecule has 9 nitrogen and oxygen atoms in total. The van der Waals surface area contributed by atoms with Crippen molar-refractivity contribution in [2.45, 2.75) is 72.1 Å². The van der Waals surface area contributed by atoms with Crippen LogP contribution in [-0.4, -0.2) is 77.1 Å². The molecule has 0 bridgehead atoms. The van der Waals surface area contributed by atoms with Crippen molar-refractivity contribution in [3.05, 3.63) is 21.4 Å². The Bertz CT molecular complexity index is 1040. The minimum absolute atomic E-state index is 0.152. The molecule has 10 heteroatoms. The third-order valence-corrected chi connectivity index (χ3v) is 7.62. The number of piperidine rings is 1. The number of nitrogens with zero attached hydrogens (tertiary/aromatic N) is 4. The standard InChI is InChI=1S/C26H39N5O4S/c1-6-9-31(34-7-2)24(32)17-11-22-20(28-23(27)12-17)13-19(36-22)16-29-10-8-21-18(14-29)15-30(21)25(33)35-26(3,4)5/h11,13,18,21H,6-10,12,14-16H2,1-5H3,(H2,27,28)/t18-,21-/m1/s1. The van der Waals surface area contributed by atoms with E-state index in [9.17, 15) is 9.59 Å².